The molecule has 0 saturated heterocycles. The molecular weight excluding hydrogens is 400 g/mol. The Balaban J connectivity index is 2.11. The van der Waals surface area contributed by atoms with E-state index >= 15 is 0 Å². The second-order valence-corrected chi connectivity index (χ2v) is 6.39. The van der Waals surface area contributed by atoms with E-state index in [0.29, 0.717) is 22.4 Å². The Hall–Kier alpha value is -2.34. The summed E-state index contributed by atoms with van der Waals surface area (Å²) in [7, 11) is 0. The summed E-state index contributed by atoms with van der Waals surface area (Å²) in [6, 6.07) is 11.5. The summed E-state index contributed by atoms with van der Waals surface area (Å²) >= 11 is 3.30. The number of benzene rings is 2. The zero-order chi connectivity index (χ0) is 18.9. The Morgan fingerprint density at radius 2 is 1.73 bits per heavy atom. The van der Waals surface area contributed by atoms with E-state index in [1.807, 2.05) is 0 Å². The van der Waals surface area contributed by atoms with Crippen LogP contribution in [0.5, 0.6) is 11.5 Å². The average Bonchev–Trinajstić information content (AvgIpc) is 2.64. The van der Waals surface area contributed by atoms with Crippen molar-refractivity contribution in [2.75, 3.05) is 13.2 Å². The van der Waals surface area contributed by atoms with Crippen molar-refractivity contribution in [3.63, 3.8) is 0 Å². The zero-order valence-electron chi connectivity index (χ0n) is 14.8. The predicted molar refractivity (Wildman–Crippen MR) is 102 cm³/mol. The van der Waals surface area contributed by atoms with Gasteiger partial charge in [0.1, 0.15) is 17.1 Å². The van der Waals surface area contributed by atoms with Crippen molar-refractivity contribution in [1.29, 1.82) is 0 Å². The normalized spacial score (nSPS) is 10.3. The van der Waals surface area contributed by atoms with Gasteiger partial charge in [0.15, 0.2) is 0 Å². The fourth-order valence-corrected chi connectivity index (χ4v) is 2.50. The maximum absolute atomic E-state index is 12.4. The molecule has 0 saturated carbocycles. The highest BCUT2D eigenvalue weighted by Gasteiger charge is 2.18. The van der Waals surface area contributed by atoms with Crippen LogP contribution in [0, 0.1) is 0 Å². The van der Waals surface area contributed by atoms with Gasteiger partial charge < -0.3 is 14.2 Å². The molecule has 0 bridgehead atoms. The van der Waals surface area contributed by atoms with Gasteiger partial charge in [-0.05, 0) is 55.8 Å². The number of unbranched alkanes of at least 4 members (excludes halogenated alkanes) is 1. The second-order valence-electron chi connectivity index (χ2n) is 5.48. The van der Waals surface area contributed by atoms with E-state index in [1.54, 1.807) is 49.4 Å². The minimum absolute atomic E-state index is 0.153. The first-order valence-corrected chi connectivity index (χ1v) is 9.26. The van der Waals surface area contributed by atoms with E-state index in [1.165, 1.54) is 0 Å². The van der Waals surface area contributed by atoms with Crippen LogP contribution < -0.4 is 9.47 Å². The first-order chi connectivity index (χ1) is 12.5. The van der Waals surface area contributed by atoms with Gasteiger partial charge in [0.25, 0.3) is 0 Å². The van der Waals surface area contributed by atoms with Gasteiger partial charge in [-0.25, -0.2) is 9.59 Å². The van der Waals surface area contributed by atoms with E-state index in [2.05, 4.69) is 22.9 Å². The highest BCUT2D eigenvalue weighted by atomic mass is 79.9. The minimum atomic E-state index is -0.557. The summed E-state index contributed by atoms with van der Waals surface area (Å²) in [5.74, 6) is -0.250. The van der Waals surface area contributed by atoms with Crippen molar-refractivity contribution >= 4 is 27.9 Å². The van der Waals surface area contributed by atoms with Crippen molar-refractivity contribution in [1.82, 2.24) is 0 Å². The van der Waals surface area contributed by atoms with Crippen LogP contribution in [0.15, 0.2) is 46.9 Å². The van der Waals surface area contributed by atoms with Crippen LogP contribution in [0.2, 0.25) is 0 Å². The molecule has 2 rings (SSSR count). The van der Waals surface area contributed by atoms with Gasteiger partial charge in [0.05, 0.1) is 18.8 Å². The molecule has 6 heteroatoms. The summed E-state index contributed by atoms with van der Waals surface area (Å²) in [5.41, 5.74) is 0.555. The molecule has 0 atom stereocenters. The van der Waals surface area contributed by atoms with Crippen LogP contribution in [-0.2, 0) is 4.74 Å². The third-order valence-corrected chi connectivity index (χ3v) is 3.99. The molecule has 138 valence electrons. The van der Waals surface area contributed by atoms with Gasteiger partial charge in [-0.15, -0.1) is 0 Å². The van der Waals surface area contributed by atoms with Gasteiger partial charge in [0, 0.05) is 4.47 Å². The molecule has 26 heavy (non-hydrogen) atoms. The van der Waals surface area contributed by atoms with Gasteiger partial charge >= 0.3 is 11.9 Å². The lowest BCUT2D eigenvalue weighted by Gasteiger charge is -2.10. The molecule has 0 amide bonds. The first-order valence-electron chi connectivity index (χ1n) is 8.46. The molecule has 0 unspecified atom stereocenters. The molecule has 0 radical (unpaired) electrons. The molecule has 2 aromatic rings. The summed E-state index contributed by atoms with van der Waals surface area (Å²) in [5, 5.41) is 0. The standard InChI is InChI=1S/C20H21BrO5/c1-3-5-12-25-16-9-6-14(7-10-16)19(22)26-18-11-8-15(21)13-17(18)20(23)24-4-2/h6-11,13H,3-5,12H2,1-2H3. The number of hydrogen-bond acceptors (Lipinski definition) is 5. The SMILES string of the molecule is CCCCOc1ccc(C(=O)Oc2ccc(Br)cc2C(=O)OCC)cc1. The van der Waals surface area contributed by atoms with Gasteiger partial charge in [-0.3, -0.25) is 0 Å². The monoisotopic (exact) mass is 420 g/mol. The zero-order valence-corrected chi connectivity index (χ0v) is 16.4. The quantitative estimate of drug-likeness (QED) is 0.340. The van der Waals surface area contributed by atoms with Crippen LogP contribution in [0.3, 0.4) is 0 Å². The van der Waals surface area contributed by atoms with E-state index < -0.39 is 11.9 Å². The maximum Gasteiger partial charge on any atom is 0.343 e. The second kappa shape index (κ2) is 9.97. The minimum Gasteiger partial charge on any atom is -0.494 e. The Bertz CT molecular complexity index is 755. The van der Waals surface area contributed by atoms with Gasteiger partial charge in [-0.1, -0.05) is 29.3 Å². The Morgan fingerprint density at radius 3 is 2.38 bits per heavy atom. The fourth-order valence-electron chi connectivity index (χ4n) is 2.14. The lowest BCUT2D eigenvalue weighted by atomic mass is 10.2. The smallest absolute Gasteiger partial charge is 0.343 e. The third-order valence-electron chi connectivity index (χ3n) is 3.50. The Kier molecular flexibility index (Phi) is 7.66. The van der Waals surface area contributed by atoms with E-state index in [-0.39, 0.29) is 17.9 Å². The lowest BCUT2D eigenvalue weighted by Crippen LogP contribution is -2.13. The third kappa shape index (κ3) is 5.59. The highest BCUT2D eigenvalue weighted by molar-refractivity contribution is 9.10. The molecule has 2 aromatic carbocycles. The molecule has 5 nitrogen and oxygen atoms in total. The molecule has 0 aliphatic carbocycles. The number of halogens is 1. The van der Waals surface area contributed by atoms with Crippen molar-refractivity contribution < 1.29 is 23.8 Å². The molecule has 0 fully saturated rings. The number of esters is 2. The van der Waals surface area contributed by atoms with Crippen LogP contribution in [-0.4, -0.2) is 25.2 Å². The molecule has 0 aromatic heterocycles. The van der Waals surface area contributed by atoms with Crippen LogP contribution in [0.4, 0.5) is 0 Å². The van der Waals surface area contributed by atoms with Crippen molar-refractivity contribution in [2.24, 2.45) is 0 Å². The average molecular weight is 421 g/mol. The van der Waals surface area contributed by atoms with Gasteiger partial charge in [-0.2, -0.15) is 0 Å². The Morgan fingerprint density at radius 1 is 1.00 bits per heavy atom. The number of rotatable bonds is 8. The summed E-state index contributed by atoms with van der Waals surface area (Å²) < 4.78 is 16.7. The summed E-state index contributed by atoms with van der Waals surface area (Å²) in [4.78, 5) is 24.4. The van der Waals surface area contributed by atoms with E-state index in [9.17, 15) is 9.59 Å². The van der Waals surface area contributed by atoms with Crippen molar-refractivity contribution in [2.45, 2.75) is 26.7 Å². The molecule has 0 heterocycles. The van der Waals surface area contributed by atoms with Crippen molar-refractivity contribution in [3.05, 3.63) is 58.1 Å². The summed E-state index contributed by atoms with van der Waals surface area (Å²) in [6.45, 7) is 4.68. The Labute approximate surface area is 161 Å². The number of carbonyl (C=O) groups is 2. The molecule has 0 aliphatic rings. The van der Waals surface area contributed by atoms with E-state index in [4.69, 9.17) is 14.2 Å². The molecule has 0 N–H and O–H groups in total. The number of carbonyl (C=O) groups excluding carboxylic acids is 2. The molecule has 0 aliphatic heterocycles. The molecular formula is C20H21BrO5. The number of hydrogen-bond donors (Lipinski definition) is 0. The lowest BCUT2D eigenvalue weighted by molar-refractivity contribution is 0.0520. The van der Waals surface area contributed by atoms with Gasteiger partial charge in [0.2, 0.25) is 0 Å². The maximum atomic E-state index is 12.4. The topological polar surface area (TPSA) is 61.8 Å². The highest BCUT2D eigenvalue weighted by Crippen LogP contribution is 2.25. The fraction of sp³-hybridized carbons (Fsp3) is 0.300. The van der Waals surface area contributed by atoms with Crippen LogP contribution >= 0.6 is 15.9 Å². The van der Waals surface area contributed by atoms with Crippen molar-refractivity contribution in [3.8, 4) is 11.5 Å². The predicted octanol–water partition coefficient (Wildman–Crippen LogP) is 5.02. The first kappa shape index (κ1) is 20.0. The number of ether oxygens (including phenoxy) is 3. The molecule has 0 spiro atoms. The largest absolute Gasteiger partial charge is 0.494 e. The van der Waals surface area contributed by atoms with E-state index in [0.717, 1.165) is 12.8 Å². The van der Waals surface area contributed by atoms with Crippen LogP contribution in [0.25, 0.3) is 0 Å². The summed E-state index contributed by atoms with van der Waals surface area (Å²) in [6.07, 6.45) is 2.03. The van der Waals surface area contributed by atoms with Crippen LogP contribution in [0.1, 0.15) is 47.4 Å².